The average Bonchev–Trinajstić information content (AvgIpc) is 3.35. The van der Waals surface area contributed by atoms with E-state index in [1.54, 1.807) is 36.6 Å². The number of amides is 2. The first-order valence-corrected chi connectivity index (χ1v) is 9.83. The monoisotopic (exact) mass is 432 g/mol. The molecule has 0 aromatic carbocycles. The van der Waals surface area contributed by atoms with Gasteiger partial charge in [0.2, 0.25) is 5.91 Å². The van der Waals surface area contributed by atoms with Crippen LogP contribution in [-0.2, 0) is 32.0 Å². The van der Waals surface area contributed by atoms with Crippen LogP contribution in [0.4, 0.5) is 5.69 Å². The Morgan fingerprint density at radius 2 is 1.93 bits per heavy atom. The molecule has 3 rings (SSSR count). The van der Waals surface area contributed by atoms with Crippen LogP contribution < -0.4 is 10.6 Å². The van der Waals surface area contributed by atoms with Gasteiger partial charge in [-0.2, -0.15) is 15.3 Å². The van der Waals surface area contributed by atoms with Crippen molar-refractivity contribution >= 4 is 29.1 Å². The molecule has 160 valence electrons. The molecule has 0 spiro atoms. The number of carbonyl (C=O) groups excluding carboxylic acids is 2. The average molecular weight is 433 g/mol. The van der Waals surface area contributed by atoms with E-state index in [1.165, 1.54) is 10.9 Å². The van der Waals surface area contributed by atoms with Gasteiger partial charge in [0.25, 0.3) is 5.91 Å². The molecule has 3 aromatic heterocycles. The van der Waals surface area contributed by atoms with Crippen LogP contribution in [0.3, 0.4) is 0 Å². The lowest BCUT2D eigenvalue weighted by atomic mass is 10.1. The van der Waals surface area contributed by atoms with E-state index in [2.05, 4.69) is 25.9 Å². The number of nitrogens with one attached hydrogen (secondary N) is 2. The second kappa shape index (κ2) is 8.70. The number of hydrogen-bond acceptors (Lipinski definition) is 5. The molecule has 3 aromatic rings. The summed E-state index contributed by atoms with van der Waals surface area (Å²) in [4.78, 5) is 25.4. The molecule has 0 radical (unpaired) electrons. The van der Waals surface area contributed by atoms with Crippen LogP contribution in [0.1, 0.15) is 34.4 Å². The SMILES string of the molecule is Cc1nn(CC(C)C(=O)Nc2cnn(C)c2C(=O)NCc2cnn(C)c2)c(C)c1Cl. The molecule has 0 saturated heterocycles. The quantitative estimate of drug-likeness (QED) is 0.591. The second-order valence-corrected chi connectivity index (χ2v) is 7.67. The third-order valence-corrected chi connectivity index (χ3v) is 5.36. The Bertz CT molecular complexity index is 1080. The van der Waals surface area contributed by atoms with E-state index in [0.29, 0.717) is 23.8 Å². The molecule has 0 bridgehead atoms. The van der Waals surface area contributed by atoms with E-state index in [-0.39, 0.29) is 17.5 Å². The van der Waals surface area contributed by atoms with E-state index in [1.807, 2.05) is 20.0 Å². The topological polar surface area (TPSA) is 112 Å². The number of rotatable bonds is 7. The fourth-order valence-electron chi connectivity index (χ4n) is 3.08. The Hall–Kier alpha value is -3.14. The Balaban J connectivity index is 1.66. The first-order valence-electron chi connectivity index (χ1n) is 9.45. The van der Waals surface area contributed by atoms with Gasteiger partial charge in [0.15, 0.2) is 0 Å². The molecule has 3 heterocycles. The lowest BCUT2D eigenvalue weighted by molar-refractivity contribution is -0.119. The van der Waals surface area contributed by atoms with Gasteiger partial charge in [0.05, 0.1) is 47.0 Å². The summed E-state index contributed by atoms with van der Waals surface area (Å²) in [6, 6.07) is 0. The molecule has 0 aliphatic rings. The molecule has 0 saturated carbocycles. The van der Waals surface area contributed by atoms with E-state index in [9.17, 15) is 9.59 Å². The van der Waals surface area contributed by atoms with Crippen molar-refractivity contribution < 1.29 is 9.59 Å². The highest BCUT2D eigenvalue weighted by Gasteiger charge is 2.22. The fraction of sp³-hybridized carbons (Fsp3) is 0.421. The summed E-state index contributed by atoms with van der Waals surface area (Å²) in [5, 5.41) is 18.8. The predicted octanol–water partition coefficient (Wildman–Crippen LogP) is 1.83. The number of carbonyl (C=O) groups is 2. The first-order chi connectivity index (χ1) is 14.2. The molecule has 11 heteroatoms. The third-order valence-electron chi connectivity index (χ3n) is 4.81. The van der Waals surface area contributed by atoms with Gasteiger partial charge < -0.3 is 10.6 Å². The molecule has 2 amide bonds. The van der Waals surface area contributed by atoms with Crippen molar-refractivity contribution in [3.05, 3.63) is 46.3 Å². The molecular weight excluding hydrogens is 408 g/mol. The lowest BCUT2D eigenvalue weighted by Crippen LogP contribution is -2.29. The Labute approximate surface area is 179 Å². The highest BCUT2D eigenvalue weighted by Crippen LogP contribution is 2.21. The van der Waals surface area contributed by atoms with Crippen molar-refractivity contribution in [1.29, 1.82) is 0 Å². The minimum absolute atomic E-state index is 0.243. The zero-order valence-corrected chi connectivity index (χ0v) is 18.4. The van der Waals surface area contributed by atoms with Gasteiger partial charge >= 0.3 is 0 Å². The van der Waals surface area contributed by atoms with Crippen molar-refractivity contribution in [2.75, 3.05) is 5.32 Å². The Kier molecular flexibility index (Phi) is 6.25. The number of halogens is 1. The number of aryl methyl sites for hydroxylation is 3. The molecule has 0 aliphatic heterocycles. The van der Waals surface area contributed by atoms with Crippen molar-refractivity contribution in [2.24, 2.45) is 20.0 Å². The largest absolute Gasteiger partial charge is 0.346 e. The van der Waals surface area contributed by atoms with Crippen LogP contribution in [0, 0.1) is 19.8 Å². The summed E-state index contributed by atoms with van der Waals surface area (Å²) in [6.07, 6.45) is 4.96. The Morgan fingerprint density at radius 1 is 1.20 bits per heavy atom. The Morgan fingerprint density at radius 3 is 2.53 bits per heavy atom. The molecule has 1 atom stereocenters. The summed E-state index contributed by atoms with van der Waals surface area (Å²) >= 11 is 6.18. The van der Waals surface area contributed by atoms with Gasteiger partial charge in [-0.05, 0) is 13.8 Å². The van der Waals surface area contributed by atoms with Gasteiger partial charge in [0, 0.05) is 32.4 Å². The third kappa shape index (κ3) is 4.54. The number of anilines is 1. The zero-order chi connectivity index (χ0) is 22.0. The van der Waals surface area contributed by atoms with Crippen molar-refractivity contribution in [3.8, 4) is 0 Å². The standard InChI is InChI=1S/C19H25ClN8O2/c1-11(9-28-13(3)16(20)12(2)25-28)18(29)24-15-8-23-27(5)17(15)19(30)21-6-14-7-22-26(4)10-14/h7-8,10-11H,6,9H2,1-5H3,(H,21,30)(H,24,29). The maximum atomic E-state index is 12.7. The number of hydrogen-bond donors (Lipinski definition) is 2. The summed E-state index contributed by atoms with van der Waals surface area (Å²) in [7, 11) is 3.46. The molecule has 30 heavy (non-hydrogen) atoms. The van der Waals surface area contributed by atoms with Crippen LogP contribution >= 0.6 is 11.6 Å². The van der Waals surface area contributed by atoms with Gasteiger partial charge in [0.1, 0.15) is 5.69 Å². The minimum Gasteiger partial charge on any atom is -0.346 e. The van der Waals surface area contributed by atoms with Gasteiger partial charge in [-0.1, -0.05) is 18.5 Å². The van der Waals surface area contributed by atoms with Crippen LogP contribution in [0.5, 0.6) is 0 Å². The van der Waals surface area contributed by atoms with E-state index >= 15 is 0 Å². The van der Waals surface area contributed by atoms with Crippen LogP contribution in [0.2, 0.25) is 5.02 Å². The van der Waals surface area contributed by atoms with Crippen LogP contribution in [0.25, 0.3) is 0 Å². The highest BCUT2D eigenvalue weighted by atomic mass is 35.5. The first kappa shape index (κ1) is 21.6. The van der Waals surface area contributed by atoms with Crippen molar-refractivity contribution in [3.63, 3.8) is 0 Å². The highest BCUT2D eigenvalue weighted by molar-refractivity contribution is 6.31. The molecule has 2 N–H and O–H groups in total. The normalized spacial score (nSPS) is 12.1. The van der Waals surface area contributed by atoms with E-state index in [4.69, 9.17) is 11.6 Å². The smallest absolute Gasteiger partial charge is 0.271 e. The molecule has 1 unspecified atom stereocenters. The second-order valence-electron chi connectivity index (χ2n) is 7.29. The minimum atomic E-state index is -0.398. The zero-order valence-electron chi connectivity index (χ0n) is 17.6. The molecular formula is C19H25ClN8O2. The number of nitrogens with zero attached hydrogens (tertiary/aromatic N) is 6. The number of aromatic nitrogens is 6. The van der Waals surface area contributed by atoms with Crippen LogP contribution in [-0.4, -0.2) is 41.2 Å². The summed E-state index contributed by atoms with van der Waals surface area (Å²) in [5.74, 6) is -0.981. The van der Waals surface area contributed by atoms with Gasteiger partial charge in [-0.15, -0.1) is 0 Å². The van der Waals surface area contributed by atoms with Gasteiger partial charge in [-0.25, -0.2) is 0 Å². The molecule has 0 fully saturated rings. The lowest BCUT2D eigenvalue weighted by Gasteiger charge is -2.14. The van der Waals surface area contributed by atoms with Crippen molar-refractivity contribution in [2.45, 2.75) is 33.9 Å². The summed E-state index contributed by atoms with van der Waals surface area (Å²) < 4.78 is 4.81. The van der Waals surface area contributed by atoms with E-state index in [0.717, 1.165) is 17.0 Å². The van der Waals surface area contributed by atoms with Gasteiger partial charge in [-0.3, -0.25) is 23.6 Å². The molecule has 0 aliphatic carbocycles. The van der Waals surface area contributed by atoms with Crippen LogP contribution in [0.15, 0.2) is 18.6 Å². The molecule has 10 nitrogen and oxygen atoms in total. The maximum Gasteiger partial charge on any atom is 0.271 e. The predicted molar refractivity (Wildman–Crippen MR) is 112 cm³/mol. The summed E-state index contributed by atoms with van der Waals surface area (Å²) in [6.45, 7) is 6.16. The summed E-state index contributed by atoms with van der Waals surface area (Å²) in [5.41, 5.74) is 3.03. The van der Waals surface area contributed by atoms with E-state index < -0.39 is 5.92 Å². The maximum absolute atomic E-state index is 12.7. The fourth-order valence-corrected chi connectivity index (χ4v) is 3.21. The van der Waals surface area contributed by atoms with Crippen molar-refractivity contribution in [1.82, 2.24) is 34.7 Å².